The van der Waals surface area contributed by atoms with E-state index in [9.17, 15) is 13.6 Å². The van der Waals surface area contributed by atoms with Crippen molar-refractivity contribution in [3.8, 4) is 0 Å². The Labute approximate surface area is 142 Å². The minimum Gasteiger partial charge on any atom is -0.464 e. The van der Waals surface area contributed by atoms with Gasteiger partial charge in [-0.15, -0.1) is 0 Å². The molecule has 3 fully saturated rings. The maximum atomic E-state index is 13.2. The second-order valence-corrected chi connectivity index (χ2v) is 7.76. The molecule has 136 valence electrons. The van der Waals surface area contributed by atoms with Gasteiger partial charge in [0.05, 0.1) is 6.61 Å². The molecule has 0 aromatic rings. The third kappa shape index (κ3) is 3.64. The highest BCUT2D eigenvalue weighted by atomic mass is 19.3. The number of alkyl halides is 2. The first kappa shape index (κ1) is 17.8. The normalized spacial score (nSPS) is 35.4. The number of carbonyl (C=O) groups is 1. The fourth-order valence-electron chi connectivity index (χ4n) is 4.72. The highest BCUT2D eigenvalue weighted by Crippen LogP contribution is 2.44. The molecule has 0 N–H and O–H groups in total. The van der Waals surface area contributed by atoms with Crippen LogP contribution in [0.1, 0.15) is 44.9 Å². The monoisotopic (exact) mass is 343 g/mol. The van der Waals surface area contributed by atoms with Gasteiger partial charge in [-0.1, -0.05) is 12.2 Å². The average Bonchev–Trinajstić information content (AvgIpc) is 3.09. The van der Waals surface area contributed by atoms with Crippen molar-refractivity contribution >= 4 is 5.97 Å². The van der Waals surface area contributed by atoms with E-state index in [0.29, 0.717) is 19.6 Å². The Morgan fingerprint density at radius 3 is 2.83 bits per heavy atom. The van der Waals surface area contributed by atoms with Crippen LogP contribution < -0.4 is 0 Å². The van der Waals surface area contributed by atoms with E-state index in [-0.39, 0.29) is 42.7 Å². The maximum Gasteiger partial charge on any atom is 0.306 e. The molecule has 1 unspecified atom stereocenters. The molecule has 0 amide bonds. The molecule has 0 aromatic heterocycles. The van der Waals surface area contributed by atoms with E-state index in [0.717, 1.165) is 25.8 Å². The fourth-order valence-corrected chi connectivity index (χ4v) is 4.72. The van der Waals surface area contributed by atoms with E-state index < -0.39 is 5.92 Å². The van der Waals surface area contributed by atoms with Gasteiger partial charge < -0.3 is 9.47 Å². The summed E-state index contributed by atoms with van der Waals surface area (Å²) >= 11 is 0. The van der Waals surface area contributed by atoms with Crippen molar-refractivity contribution in [2.75, 3.05) is 26.9 Å². The second kappa shape index (κ2) is 6.71. The first-order chi connectivity index (χ1) is 11.3. The van der Waals surface area contributed by atoms with Crippen LogP contribution in [-0.2, 0) is 14.3 Å². The number of hydrogen-bond acceptors (Lipinski definition) is 4. The van der Waals surface area contributed by atoms with Gasteiger partial charge in [-0.3, -0.25) is 9.69 Å². The number of nitrogens with zero attached hydrogens (tertiary/aromatic N) is 1. The first-order valence-electron chi connectivity index (χ1n) is 8.79. The van der Waals surface area contributed by atoms with E-state index in [4.69, 9.17) is 9.47 Å². The minimum absolute atomic E-state index is 0.00355. The molecule has 0 spiro atoms. The number of hydrogen-bond donors (Lipinski definition) is 0. The summed E-state index contributed by atoms with van der Waals surface area (Å²) in [5.74, 6) is -3.19. The van der Waals surface area contributed by atoms with Crippen LogP contribution in [0.25, 0.3) is 0 Å². The summed E-state index contributed by atoms with van der Waals surface area (Å²) < 4.78 is 37.2. The minimum atomic E-state index is -2.61. The summed E-state index contributed by atoms with van der Waals surface area (Å²) in [5, 5.41) is 0. The van der Waals surface area contributed by atoms with Crippen LogP contribution in [0.2, 0.25) is 0 Å². The first-order valence-corrected chi connectivity index (χ1v) is 8.79. The van der Waals surface area contributed by atoms with Crippen molar-refractivity contribution in [3.05, 3.63) is 12.2 Å². The molecule has 2 saturated heterocycles. The van der Waals surface area contributed by atoms with Gasteiger partial charge in [0.25, 0.3) is 0 Å². The molecule has 0 bridgehead atoms. The van der Waals surface area contributed by atoms with Crippen LogP contribution >= 0.6 is 0 Å². The highest BCUT2D eigenvalue weighted by Gasteiger charge is 2.50. The van der Waals surface area contributed by atoms with E-state index in [2.05, 4.69) is 11.5 Å². The molecule has 0 radical (unpaired) electrons. The van der Waals surface area contributed by atoms with Crippen LogP contribution in [0.4, 0.5) is 8.78 Å². The Morgan fingerprint density at radius 2 is 2.17 bits per heavy atom. The van der Waals surface area contributed by atoms with Crippen LogP contribution in [0.5, 0.6) is 0 Å². The molecule has 3 rings (SSSR count). The van der Waals surface area contributed by atoms with Gasteiger partial charge in [0.1, 0.15) is 6.61 Å². The zero-order valence-electron chi connectivity index (χ0n) is 14.4. The van der Waals surface area contributed by atoms with E-state index >= 15 is 0 Å². The highest BCUT2D eigenvalue weighted by molar-refractivity contribution is 5.69. The largest absolute Gasteiger partial charge is 0.464 e. The lowest BCUT2D eigenvalue weighted by molar-refractivity contribution is -0.146. The number of esters is 1. The number of rotatable bonds is 6. The van der Waals surface area contributed by atoms with Gasteiger partial charge in [-0.2, -0.15) is 0 Å². The molecular weight excluding hydrogens is 316 g/mol. The second-order valence-electron chi connectivity index (χ2n) is 7.76. The topological polar surface area (TPSA) is 38.8 Å². The van der Waals surface area contributed by atoms with Crippen molar-refractivity contribution in [1.82, 2.24) is 4.90 Å². The Morgan fingerprint density at radius 1 is 1.38 bits per heavy atom. The Balaban J connectivity index is 1.48. The molecule has 0 aromatic carbocycles. The smallest absolute Gasteiger partial charge is 0.306 e. The third-order valence-electron chi connectivity index (χ3n) is 5.78. The summed E-state index contributed by atoms with van der Waals surface area (Å²) in [4.78, 5) is 14.4. The van der Waals surface area contributed by atoms with Crippen molar-refractivity contribution in [1.29, 1.82) is 0 Å². The Bertz CT molecular complexity index is 510. The predicted octanol–water partition coefficient (Wildman–Crippen LogP) is 3.16. The van der Waals surface area contributed by atoms with Gasteiger partial charge >= 0.3 is 5.97 Å². The van der Waals surface area contributed by atoms with Gasteiger partial charge in [0, 0.05) is 44.5 Å². The SMILES string of the molecule is C=C1CN2[C@H](COC(=O)CC3CCC(F)(F)C3)CC[C@@]2(COC)C1. The van der Waals surface area contributed by atoms with Gasteiger partial charge in [-0.25, -0.2) is 8.78 Å². The van der Waals surface area contributed by atoms with Gasteiger partial charge in [-0.05, 0) is 31.6 Å². The number of ether oxygens (including phenoxy) is 2. The standard InChI is InChI=1S/C18H27F2NO3/c1-13-8-17(12-23-2)5-4-15(21(17)10-13)11-24-16(22)7-14-3-6-18(19,20)9-14/h14-15H,1,3-12H2,2H3/t14?,15-,17-/m0/s1. The molecule has 1 aliphatic carbocycles. The lowest BCUT2D eigenvalue weighted by Gasteiger charge is -2.33. The van der Waals surface area contributed by atoms with Crippen molar-refractivity contribution in [3.63, 3.8) is 0 Å². The van der Waals surface area contributed by atoms with Crippen molar-refractivity contribution in [2.45, 2.75) is 62.4 Å². The molecule has 4 nitrogen and oxygen atoms in total. The summed E-state index contributed by atoms with van der Waals surface area (Å²) in [6.45, 7) is 5.91. The van der Waals surface area contributed by atoms with Gasteiger partial charge in [0.15, 0.2) is 0 Å². The van der Waals surface area contributed by atoms with E-state index in [1.807, 2.05) is 0 Å². The molecule has 1 saturated carbocycles. The molecule has 2 aliphatic heterocycles. The Hall–Kier alpha value is -1.01. The van der Waals surface area contributed by atoms with E-state index in [1.165, 1.54) is 5.57 Å². The molecule has 24 heavy (non-hydrogen) atoms. The summed E-state index contributed by atoms with van der Waals surface area (Å²) in [6, 6.07) is 0.174. The van der Waals surface area contributed by atoms with Crippen LogP contribution in [0, 0.1) is 5.92 Å². The molecular formula is C18H27F2NO3. The van der Waals surface area contributed by atoms with Crippen LogP contribution in [0.15, 0.2) is 12.2 Å². The maximum absolute atomic E-state index is 13.2. The summed E-state index contributed by atoms with van der Waals surface area (Å²) in [6.07, 6.45) is 3.13. The Kier molecular flexibility index (Phi) is 4.98. The van der Waals surface area contributed by atoms with E-state index in [1.54, 1.807) is 7.11 Å². The van der Waals surface area contributed by atoms with Crippen LogP contribution in [0.3, 0.4) is 0 Å². The number of carbonyl (C=O) groups excluding carboxylic acids is 1. The van der Waals surface area contributed by atoms with Crippen LogP contribution in [-0.4, -0.2) is 55.2 Å². The molecule has 3 atom stereocenters. The number of fused-ring (bicyclic) bond motifs is 1. The molecule has 6 heteroatoms. The number of halogens is 2. The van der Waals surface area contributed by atoms with Crippen molar-refractivity contribution in [2.24, 2.45) is 5.92 Å². The number of methoxy groups -OCH3 is 1. The van der Waals surface area contributed by atoms with Gasteiger partial charge in [0.2, 0.25) is 5.92 Å². The summed E-state index contributed by atoms with van der Waals surface area (Å²) in [7, 11) is 1.71. The average molecular weight is 343 g/mol. The quantitative estimate of drug-likeness (QED) is 0.548. The zero-order chi connectivity index (χ0) is 17.4. The van der Waals surface area contributed by atoms with Crippen molar-refractivity contribution < 1.29 is 23.0 Å². The lowest BCUT2D eigenvalue weighted by atomic mass is 9.94. The lowest BCUT2D eigenvalue weighted by Crippen LogP contribution is -2.47. The fraction of sp³-hybridized carbons (Fsp3) is 0.833. The third-order valence-corrected chi connectivity index (χ3v) is 5.78. The molecule has 2 heterocycles. The molecule has 3 aliphatic rings. The zero-order valence-corrected chi connectivity index (χ0v) is 14.4. The summed E-state index contributed by atoms with van der Waals surface area (Å²) in [5.41, 5.74) is 1.19. The predicted molar refractivity (Wildman–Crippen MR) is 86.0 cm³/mol.